The quantitative estimate of drug-likeness (QED) is 0.299. The Labute approximate surface area is 187 Å². The third-order valence-electron chi connectivity index (χ3n) is 4.18. The number of ether oxygens (including phenoxy) is 2. The van der Waals surface area contributed by atoms with Crippen LogP contribution in [0, 0.1) is 10.1 Å². The summed E-state index contributed by atoms with van der Waals surface area (Å²) in [5, 5.41) is 14.6. The van der Waals surface area contributed by atoms with E-state index in [1.165, 1.54) is 12.5 Å². The summed E-state index contributed by atoms with van der Waals surface area (Å²) in [6.07, 6.45) is -4.95. The van der Waals surface area contributed by atoms with Crippen LogP contribution in [0.5, 0.6) is 5.75 Å². The molecule has 0 radical (unpaired) electrons. The number of aromatic nitrogens is 1. The summed E-state index contributed by atoms with van der Waals surface area (Å²) >= 11 is 1.16. The molecule has 0 aliphatic carbocycles. The van der Waals surface area contributed by atoms with Crippen LogP contribution in [-0.4, -0.2) is 35.5 Å². The van der Waals surface area contributed by atoms with Gasteiger partial charge >= 0.3 is 12.1 Å². The summed E-state index contributed by atoms with van der Waals surface area (Å²) in [6.45, 7) is -0.886. The third-order valence-corrected chi connectivity index (χ3v) is 5.07. The molecule has 0 atom stereocenters. The van der Waals surface area contributed by atoms with Crippen molar-refractivity contribution in [2.75, 3.05) is 19.0 Å². The van der Waals surface area contributed by atoms with E-state index in [1.54, 1.807) is 24.3 Å². The lowest BCUT2D eigenvalue weighted by atomic mass is 10.1. The Hall–Kier alpha value is -4.00. The van der Waals surface area contributed by atoms with E-state index in [2.05, 4.69) is 4.98 Å². The summed E-state index contributed by atoms with van der Waals surface area (Å²) in [6, 6.07) is 8.77. The van der Waals surface area contributed by atoms with Crippen molar-refractivity contribution < 1.29 is 37.2 Å². The van der Waals surface area contributed by atoms with E-state index in [9.17, 15) is 32.9 Å². The minimum absolute atomic E-state index is 0.0788. The van der Waals surface area contributed by atoms with Crippen LogP contribution in [0.15, 0.2) is 47.8 Å². The molecule has 9 nitrogen and oxygen atoms in total. The number of non-ortho nitro benzene ring substituents is 1. The number of alkyl halides is 3. The number of anilines is 1. The first-order valence-electron chi connectivity index (χ1n) is 9.01. The van der Waals surface area contributed by atoms with Gasteiger partial charge in [0.15, 0.2) is 12.3 Å². The summed E-state index contributed by atoms with van der Waals surface area (Å²) in [5.74, 6) is -1.36. The van der Waals surface area contributed by atoms with E-state index in [0.29, 0.717) is 16.8 Å². The highest BCUT2D eigenvalue weighted by molar-refractivity contribution is 7.13. The number of rotatable bonds is 7. The molecular formula is C20H14F3N3O6S. The van der Waals surface area contributed by atoms with Gasteiger partial charge in [-0.2, -0.15) is 13.2 Å². The number of nitro benzene ring substituents is 1. The number of esters is 1. The highest BCUT2D eigenvalue weighted by Crippen LogP contribution is 2.37. The van der Waals surface area contributed by atoms with E-state index in [4.69, 9.17) is 9.47 Å². The number of methoxy groups -OCH3 is 1. The number of hydrogen-bond acceptors (Lipinski definition) is 8. The summed E-state index contributed by atoms with van der Waals surface area (Å²) in [5.41, 5.74) is -2.26. The predicted molar refractivity (Wildman–Crippen MR) is 111 cm³/mol. The molecule has 1 N–H and O–H groups in total. The van der Waals surface area contributed by atoms with E-state index < -0.39 is 46.5 Å². The minimum Gasteiger partial charge on any atom is -0.497 e. The van der Waals surface area contributed by atoms with Crippen molar-refractivity contribution in [2.24, 2.45) is 0 Å². The van der Waals surface area contributed by atoms with Crippen LogP contribution in [0.25, 0.3) is 10.6 Å². The van der Waals surface area contributed by atoms with Crippen LogP contribution in [0.2, 0.25) is 0 Å². The molecule has 0 unspecified atom stereocenters. The molecule has 3 aromatic rings. The number of thiazole rings is 1. The molecule has 0 bridgehead atoms. The number of nitrogens with one attached hydrogen (secondary N) is 1. The van der Waals surface area contributed by atoms with Gasteiger partial charge < -0.3 is 14.8 Å². The molecule has 3 rings (SSSR count). The summed E-state index contributed by atoms with van der Waals surface area (Å²) < 4.78 is 49.5. The summed E-state index contributed by atoms with van der Waals surface area (Å²) in [4.78, 5) is 38.0. The second kappa shape index (κ2) is 9.65. The van der Waals surface area contributed by atoms with Crippen molar-refractivity contribution in [3.8, 4) is 16.3 Å². The zero-order chi connectivity index (χ0) is 24.2. The van der Waals surface area contributed by atoms with Gasteiger partial charge in [-0.15, -0.1) is 11.3 Å². The highest BCUT2D eigenvalue weighted by Gasteiger charge is 2.35. The molecular weight excluding hydrogens is 467 g/mol. The van der Waals surface area contributed by atoms with Crippen LogP contribution in [0.4, 0.5) is 24.5 Å². The molecule has 0 saturated carbocycles. The van der Waals surface area contributed by atoms with Gasteiger partial charge in [-0.1, -0.05) is 0 Å². The van der Waals surface area contributed by atoms with Crippen molar-refractivity contribution in [2.45, 2.75) is 6.18 Å². The average Bonchev–Trinajstić information content (AvgIpc) is 3.27. The molecule has 0 aliphatic rings. The number of amides is 1. The molecule has 13 heteroatoms. The van der Waals surface area contributed by atoms with Gasteiger partial charge in [0.2, 0.25) is 0 Å². The summed E-state index contributed by atoms with van der Waals surface area (Å²) in [7, 11) is 1.52. The van der Waals surface area contributed by atoms with Crippen molar-refractivity contribution in [3.05, 3.63) is 69.2 Å². The molecule has 33 heavy (non-hydrogen) atoms. The number of carbonyl (C=O) groups is 2. The van der Waals surface area contributed by atoms with E-state index >= 15 is 0 Å². The van der Waals surface area contributed by atoms with Crippen LogP contribution in [0.3, 0.4) is 0 Å². The maximum atomic E-state index is 13.2. The number of hydrogen-bond donors (Lipinski definition) is 1. The Balaban J connectivity index is 1.64. The smallest absolute Gasteiger partial charge is 0.418 e. The standard InChI is InChI=1S/C20H14F3N3O6S/c1-31-13-5-2-11(3-6-13)18-25-16(10-33-18)19(28)32-9-17(27)24-15-7-4-12(26(29)30)8-14(15)20(21,22)23/h2-8,10H,9H2,1H3,(H,24,27). The maximum absolute atomic E-state index is 13.2. The van der Waals surface area contributed by atoms with Gasteiger partial charge in [-0.3, -0.25) is 14.9 Å². The zero-order valence-electron chi connectivity index (χ0n) is 16.7. The van der Waals surface area contributed by atoms with Crippen LogP contribution >= 0.6 is 11.3 Å². The first kappa shape index (κ1) is 23.7. The van der Waals surface area contributed by atoms with E-state index in [-0.39, 0.29) is 5.69 Å². The van der Waals surface area contributed by atoms with Gasteiger partial charge in [0.25, 0.3) is 11.6 Å². The lowest BCUT2D eigenvalue weighted by Crippen LogP contribution is -2.23. The fraction of sp³-hybridized carbons (Fsp3) is 0.150. The molecule has 0 fully saturated rings. The maximum Gasteiger partial charge on any atom is 0.418 e. The monoisotopic (exact) mass is 481 g/mol. The number of nitro groups is 1. The number of halogens is 3. The highest BCUT2D eigenvalue weighted by atomic mass is 32.1. The van der Waals surface area contributed by atoms with Crippen LogP contribution in [-0.2, 0) is 15.7 Å². The molecule has 0 saturated heterocycles. The second-order valence-corrected chi connectivity index (χ2v) is 7.23. The van der Waals surface area contributed by atoms with Crippen molar-refractivity contribution in [1.82, 2.24) is 4.98 Å². The van der Waals surface area contributed by atoms with Crippen LogP contribution < -0.4 is 10.1 Å². The first-order chi connectivity index (χ1) is 15.6. The van der Waals surface area contributed by atoms with Crippen LogP contribution in [0.1, 0.15) is 16.1 Å². The van der Waals surface area contributed by atoms with Crippen molar-refractivity contribution in [1.29, 1.82) is 0 Å². The second-order valence-electron chi connectivity index (χ2n) is 6.38. The van der Waals surface area contributed by atoms with Crippen molar-refractivity contribution in [3.63, 3.8) is 0 Å². The molecule has 0 aliphatic heterocycles. The molecule has 1 aromatic heterocycles. The average molecular weight is 481 g/mol. The molecule has 1 heterocycles. The van der Waals surface area contributed by atoms with Gasteiger partial charge in [0.1, 0.15) is 10.8 Å². The Morgan fingerprint density at radius 2 is 1.88 bits per heavy atom. The van der Waals surface area contributed by atoms with Gasteiger partial charge in [-0.05, 0) is 30.3 Å². The molecule has 172 valence electrons. The minimum atomic E-state index is -4.95. The van der Waals surface area contributed by atoms with Gasteiger partial charge in [-0.25, -0.2) is 9.78 Å². The third kappa shape index (κ3) is 5.83. The molecule has 0 spiro atoms. The molecule has 2 aromatic carbocycles. The predicted octanol–water partition coefficient (Wildman–Crippen LogP) is 4.54. The van der Waals surface area contributed by atoms with Gasteiger partial charge in [0, 0.05) is 23.1 Å². The Kier molecular flexibility index (Phi) is 6.92. The van der Waals surface area contributed by atoms with E-state index in [1.807, 2.05) is 5.32 Å². The SMILES string of the molecule is COc1ccc(-c2nc(C(=O)OCC(=O)Nc3ccc([N+](=O)[O-])cc3C(F)(F)F)cs2)cc1. The Morgan fingerprint density at radius 1 is 1.18 bits per heavy atom. The topological polar surface area (TPSA) is 121 Å². The Morgan fingerprint density at radius 3 is 2.48 bits per heavy atom. The van der Waals surface area contributed by atoms with Crippen molar-refractivity contribution >= 4 is 34.6 Å². The largest absolute Gasteiger partial charge is 0.497 e. The van der Waals surface area contributed by atoms with E-state index in [0.717, 1.165) is 29.0 Å². The number of carbonyl (C=O) groups excluding carboxylic acids is 2. The zero-order valence-corrected chi connectivity index (χ0v) is 17.5. The first-order valence-corrected chi connectivity index (χ1v) is 9.89. The lowest BCUT2D eigenvalue weighted by molar-refractivity contribution is -0.385. The normalized spacial score (nSPS) is 11.0. The Bertz CT molecular complexity index is 1190. The lowest BCUT2D eigenvalue weighted by Gasteiger charge is -2.13. The fourth-order valence-corrected chi connectivity index (χ4v) is 3.41. The molecule has 1 amide bonds. The number of benzene rings is 2. The fourth-order valence-electron chi connectivity index (χ4n) is 2.61. The number of nitrogens with zero attached hydrogens (tertiary/aromatic N) is 2. The van der Waals surface area contributed by atoms with Gasteiger partial charge in [0.05, 0.1) is 23.3 Å².